The van der Waals surface area contributed by atoms with E-state index in [2.05, 4.69) is 6.92 Å². The first-order valence-electron chi connectivity index (χ1n) is 11.2. The summed E-state index contributed by atoms with van der Waals surface area (Å²) in [6.45, 7) is 8.91. The van der Waals surface area contributed by atoms with Crippen molar-refractivity contribution < 1.29 is 19.2 Å². The van der Waals surface area contributed by atoms with E-state index in [4.69, 9.17) is 0 Å². The monoisotopic (exact) mass is 416 g/mol. The number of carbonyl (C=O) groups excluding carboxylic acids is 4. The molecule has 2 unspecified atom stereocenters. The molecule has 2 atom stereocenters. The van der Waals surface area contributed by atoms with Crippen LogP contribution in [0.15, 0.2) is 24.3 Å². The maximum absolute atomic E-state index is 12.8. The number of hydrogen-bond donors (Lipinski definition) is 0. The Labute approximate surface area is 180 Å². The van der Waals surface area contributed by atoms with Crippen LogP contribution in [0.2, 0.25) is 0 Å². The lowest BCUT2D eigenvalue weighted by atomic mass is 9.82. The van der Waals surface area contributed by atoms with Crippen LogP contribution in [-0.2, 0) is 19.2 Å². The van der Waals surface area contributed by atoms with Gasteiger partial charge in [0.1, 0.15) is 0 Å². The number of hydrogen-bond acceptors (Lipinski definition) is 4. The summed E-state index contributed by atoms with van der Waals surface area (Å²) >= 11 is 0. The molecule has 0 aromatic carbocycles. The van der Waals surface area contributed by atoms with Crippen molar-refractivity contribution >= 4 is 23.6 Å². The van der Waals surface area contributed by atoms with Crippen molar-refractivity contribution in [3.8, 4) is 0 Å². The molecule has 6 heteroatoms. The second-order valence-corrected chi connectivity index (χ2v) is 9.50. The third-order valence-corrected chi connectivity index (χ3v) is 5.75. The Morgan fingerprint density at radius 1 is 1.07 bits per heavy atom. The lowest BCUT2D eigenvalue weighted by Crippen LogP contribution is -2.41. The molecule has 1 saturated heterocycles. The van der Waals surface area contributed by atoms with E-state index in [1.54, 1.807) is 0 Å². The summed E-state index contributed by atoms with van der Waals surface area (Å²) in [5.74, 6) is -1.06. The Bertz CT molecular complexity index is 705. The van der Waals surface area contributed by atoms with Crippen LogP contribution < -0.4 is 0 Å². The largest absolute Gasteiger partial charge is 0.282 e. The molecule has 166 valence electrons. The number of imide groups is 2. The normalized spacial score (nSPS) is 21.0. The first kappa shape index (κ1) is 24.0. The van der Waals surface area contributed by atoms with Crippen LogP contribution in [0, 0.1) is 17.3 Å². The quantitative estimate of drug-likeness (QED) is 0.275. The van der Waals surface area contributed by atoms with Gasteiger partial charge in [-0.3, -0.25) is 29.0 Å². The molecule has 0 aromatic rings. The minimum absolute atomic E-state index is 0.0689. The molecule has 0 aliphatic carbocycles. The zero-order valence-corrected chi connectivity index (χ0v) is 18.9. The van der Waals surface area contributed by atoms with Gasteiger partial charge in [-0.25, -0.2) is 0 Å². The fourth-order valence-corrected chi connectivity index (χ4v) is 4.40. The maximum Gasteiger partial charge on any atom is 0.253 e. The second kappa shape index (κ2) is 10.7. The molecular weight excluding hydrogens is 380 g/mol. The van der Waals surface area contributed by atoms with Crippen molar-refractivity contribution in [2.75, 3.05) is 13.1 Å². The molecule has 0 bridgehead atoms. The van der Waals surface area contributed by atoms with E-state index >= 15 is 0 Å². The predicted octanol–water partition coefficient (Wildman–Crippen LogP) is 3.87. The first-order valence-corrected chi connectivity index (χ1v) is 11.2. The lowest BCUT2D eigenvalue weighted by Gasteiger charge is -2.32. The van der Waals surface area contributed by atoms with Gasteiger partial charge in [-0.2, -0.15) is 0 Å². The van der Waals surface area contributed by atoms with E-state index in [9.17, 15) is 19.2 Å². The molecule has 2 aliphatic heterocycles. The first-order chi connectivity index (χ1) is 14.1. The van der Waals surface area contributed by atoms with Crippen LogP contribution in [0.4, 0.5) is 0 Å². The summed E-state index contributed by atoms with van der Waals surface area (Å²) in [6, 6.07) is 0. The smallest absolute Gasteiger partial charge is 0.253 e. The Hall–Kier alpha value is -2.24. The molecular formula is C24H36N2O4. The summed E-state index contributed by atoms with van der Waals surface area (Å²) in [7, 11) is 0. The van der Waals surface area contributed by atoms with Gasteiger partial charge in [0.05, 0.1) is 5.92 Å². The summed E-state index contributed by atoms with van der Waals surface area (Å²) < 4.78 is 0. The van der Waals surface area contributed by atoms with E-state index < -0.39 is 0 Å². The fourth-order valence-electron chi connectivity index (χ4n) is 4.40. The molecule has 0 radical (unpaired) electrons. The lowest BCUT2D eigenvalue weighted by molar-refractivity contribution is -0.140. The van der Waals surface area contributed by atoms with Gasteiger partial charge in [-0.15, -0.1) is 0 Å². The van der Waals surface area contributed by atoms with Crippen LogP contribution in [0.25, 0.3) is 0 Å². The van der Waals surface area contributed by atoms with E-state index in [1.807, 2.05) is 32.9 Å². The minimum Gasteiger partial charge on any atom is -0.282 e. The van der Waals surface area contributed by atoms with E-state index in [0.29, 0.717) is 19.5 Å². The molecule has 0 N–H and O–H groups in total. The number of rotatable bonds is 12. The van der Waals surface area contributed by atoms with Gasteiger partial charge in [0.15, 0.2) is 0 Å². The Kier molecular flexibility index (Phi) is 8.56. The summed E-state index contributed by atoms with van der Waals surface area (Å²) in [5.41, 5.74) is -0.303. The highest BCUT2D eigenvalue weighted by Gasteiger charge is 2.40. The van der Waals surface area contributed by atoms with E-state index in [-0.39, 0.29) is 47.3 Å². The van der Waals surface area contributed by atoms with Gasteiger partial charge >= 0.3 is 0 Å². The van der Waals surface area contributed by atoms with Crippen LogP contribution >= 0.6 is 0 Å². The van der Waals surface area contributed by atoms with Crippen molar-refractivity contribution in [3.05, 3.63) is 24.3 Å². The summed E-state index contributed by atoms with van der Waals surface area (Å²) in [5, 5.41) is 0. The van der Waals surface area contributed by atoms with Gasteiger partial charge < -0.3 is 0 Å². The molecule has 2 aliphatic rings. The molecule has 1 fully saturated rings. The topological polar surface area (TPSA) is 74.8 Å². The molecule has 0 spiro atoms. The van der Waals surface area contributed by atoms with Crippen molar-refractivity contribution in [1.29, 1.82) is 0 Å². The molecule has 2 rings (SSSR count). The average Bonchev–Trinajstić information content (AvgIpc) is 3.11. The second-order valence-electron chi connectivity index (χ2n) is 9.50. The molecule has 6 nitrogen and oxygen atoms in total. The van der Waals surface area contributed by atoms with Crippen LogP contribution in [-0.4, -0.2) is 46.5 Å². The van der Waals surface area contributed by atoms with Crippen molar-refractivity contribution in [2.45, 2.75) is 72.6 Å². The van der Waals surface area contributed by atoms with Crippen molar-refractivity contribution in [2.24, 2.45) is 17.3 Å². The molecule has 0 aromatic heterocycles. The Morgan fingerprint density at radius 3 is 2.37 bits per heavy atom. The number of amides is 4. The average molecular weight is 417 g/mol. The molecule has 4 amide bonds. The van der Waals surface area contributed by atoms with Crippen LogP contribution in [0.3, 0.4) is 0 Å². The van der Waals surface area contributed by atoms with Gasteiger partial charge in [-0.05, 0) is 30.6 Å². The highest BCUT2D eigenvalue weighted by Crippen LogP contribution is 2.31. The van der Waals surface area contributed by atoms with E-state index in [0.717, 1.165) is 12.8 Å². The zero-order valence-electron chi connectivity index (χ0n) is 18.9. The summed E-state index contributed by atoms with van der Waals surface area (Å²) in [4.78, 5) is 51.4. The third-order valence-electron chi connectivity index (χ3n) is 5.75. The number of carbonyl (C=O) groups is 4. The van der Waals surface area contributed by atoms with Crippen LogP contribution in [0.5, 0.6) is 0 Å². The minimum atomic E-state index is -0.345. The summed E-state index contributed by atoms with van der Waals surface area (Å²) in [6.07, 6.45) is 13.2. The Morgan fingerprint density at radius 2 is 1.73 bits per heavy atom. The van der Waals surface area contributed by atoms with Crippen molar-refractivity contribution in [1.82, 2.24) is 9.80 Å². The number of likely N-dealkylation sites (tertiary alicyclic amines) is 1. The molecule has 2 heterocycles. The van der Waals surface area contributed by atoms with Gasteiger partial charge in [0.25, 0.3) is 11.8 Å². The van der Waals surface area contributed by atoms with E-state index in [1.165, 1.54) is 41.2 Å². The van der Waals surface area contributed by atoms with Crippen molar-refractivity contribution in [3.63, 3.8) is 0 Å². The highest BCUT2D eigenvalue weighted by atomic mass is 16.2. The number of allylic oxidation sites excluding steroid dienone is 1. The van der Waals surface area contributed by atoms with Gasteiger partial charge in [-0.1, -0.05) is 59.1 Å². The SMILES string of the molecule is CCCCCC/C=C/C1CC(=O)N(CC(C)(C)CC(C)CN2C(=O)C=CC2=O)C1=O. The Balaban J connectivity index is 1.85. The predicted molar refractivity (Wildman–Crippen MR) is 116 cm³/mol. The highest BCUT2D eigenvalue weighted by molar-refractivity contribution is 6.12. The fraction of sp³-hybridized carbons (Fsp3) is 0.667. The number of nitrogens with zero attached hydrogens (tertiary/aromatic N) is 2. The molecule has 30 heavy (non-hydrogen) atoms. The van der Waals surface area contributed by atoms with Gasteiger partial charge in [0.2, 0.25) is 11.8 Å². The standard InChI is InChI=1S/C24H36N2O4/c1-5-6-7-8-9-10-11-19-14-22(29)26(23(19)30)17-24(3,4)15-18(2)16-25-20(27)12-13-21(25)28/h10-13,18-19H,5-9,14-17H2,1-4H3/b11-10+. The number of unbranched alkanes of at least 4 members (excludes halogenated alkanes) is 4. The maximum atomic E-state index is 12.8. The van der Waals surface area contributed by atoms with Crippen LogP contribution in [0.1, 0.15) is 72.6 Å². The van der Waals surface area contributed by atoms with Gasteiger partial charge in [0, 0.05) is 31.7 Å². The third kappa shape index (κ3) is 6.64. The molecule has 0 saturated carbocycles. The zero-order chi connectivity index (χ0) is 22.3.